The normalized spacial score (nSPS) is 18.6. The Morgan fingerprint density at radius 3 is 2.78 bits per heavy atom. The minimum Gasteiger partial charge on any atom is -0.384 e. The molecule has 1 aliphatic rings. The number of ether oxygens (including phenoxy) is 1. The molecule has 1 aromatic rings. The molecule has 1 unspecified atom stereocenters. The zero-order chi connectivity index (χ0) is 19.9. The Hall–Kier alpha value is -0.920. The fourth-order valence-corrected chi connectivity index (χ4v) is 5.24. The highest BCUT2D eigenvalue weighted by Crippen LogP contribution is 2.22. The van der Waals surface area contributed by atoms with E-state index in [1.54, 1.807) is 13.3 Å². The van der Waals surface area contributed by atoms with E-state index >= 15 is 0 Å². The second-order valence-electron chi connectivity index (χ2n) is 8.24. The van der Waals surface area contributed by atoms with Gasteiger partial charge in [-0.1, -0.05) is 27.2 Å². The molecule has 1 saturated heterocycles. The van der Waals surface area contributed by atoms with E-state index in [9.17, 15) is 8.42 Å². The molecule has 1 atom stereocenters. The molecule has 1 aromatic heterocycles. The van der Waals surface area contributed by atoms with Crippen LogP contribution >= 0.6 is 0 Å². The molecule has 0 aromatic carbocycles. The Labute approximate surface area is 165 Å². The molecule has 0 bridgehead atoms. The van der Waals surface area contributed by atoms with Gasteiger partial charge in [-0.05, 0) is 44.1 Å². The van der Waals surface area contributed by atoms with Crippen molar-refractivity contribution in [3.8, 4) is 0 Å². The average Bonchev–Trinajstić information content (AvgIpc) is 3.20. The smallest absolute Gasteiger partial charge is 0.227 e. The molecule has 0 aliphatic carbocycles. The molecule has 0 amide bonds. The van der Waals surface area contributed by atoms with E-state index in [-0.39, 0.29) is 10.9 Å². The molecular weight excluding hydrogens is 362 g/mol. The third kappa shape index (κ3) is 6.57. The third-order valence-corrected chi connectivity index (χ3v) is 6.98. The maximum absolute atomic E-state index is 12.9. The van der Waals surface area contributed by atoms with Crippen molar-refractivity contribution >= 4 is 9.84 Å². The maximum atomic E-state index is 12.9. The number of unbranched alkanes of at least 4 members (excludes halogenated alkanes) is 1. The summed E-state index contributed by atoms with van der Waals surface area (Å²) in [6.45, 7) is 10.7. The van der Waals surface area contributed by atoms with Crippen molar-refractivity contribution in [1.29, 1.82) is 0 Å². The lowest BCUT2D eigenvalue weighted by Crippen LogP contribution is -2.24. The molecule has 0 spiro atoms. The number of hydrogen-bond acceptors (Lipinski definition) is 5. The van der Waals surface area contributed by atoms with Gasteiger partial charge in [0.05, 0.1) is 24.3 Å². The van der Waals surface area contributed by atoms with E-state index in [0.29, 0.717) is 18.3 Å². The monoisotopic (exact) mass is 399 g/mol. The molecule has 27 heavy (non-hydrogen) atoms. The van der Waals surface area contributed by atoms with E-state index in [4.69, 9.17) is 4.74 Å². The van der Waals surface area contributed by atoms with Gasteiger partial charge in [0.1, 0.15) is 0 Å². The number of aromatic nitrogens is 2. The first-order chi connectivity index (χ1) is 12.9. The van der Waals surface area contributed by atoms with E-state index in [0.717, 1.165) is 64.2 Å². The van der Waals surface area contributed by atoms with Crippen LogP contribution in [-0.2, 0) is 27.7 Å². The Bertz CT molecular complexity index is 670. The van der Waals surface area contributed by atoms with Crippen LogP contribution in [0.4, 0.5) is 0 Å². The molecule has 1 fully saturated rings. The summed E-state index contributed by atoms with van der Waals surface area (Å²) in [5.74, 6) is 1.28. The molecule has 0 radical (unpaired) electrons. The summed E-state index contributed by atoms with van der Waals surface area (Å²) in [6.07, 6.45) is 6.53. The van der Waals surface area contributed by atoms with Gasteiger partial charge in [-0.3, -0.25) is 4.90 Å². The first kappa shape index (κ1) is 22.4. The van der Waals surface area contributed by atoms with E-state index in [1.807, 2.05) is 4.57 Å². The number of sulfone groups is 1. The van der Waals surface area contributed by atoms with Gasteiger partial charge in [-0.25, -0.2) is 13.4 Å². The van der Waals surface area contributed by atoms with Crippen LogP contribution in [0.15, 0.2) is 11.4 Å². The Kier molecular flexibility index (Phi) is 8.76. The zero-order valence-corrected chi connectivity index (χ0v) is 18.3. The second kappa shape index (κ2) is 10.6. The van der Waals surface area contributed by atoms with Crippen LogP contribution in [0.3, 0.4) is 0 Å². The van der Waals surface area contributed by atoms with Gasteiger partial charge < -0.3 is 9.30 Å². The van der Waals surface area contributed by atoms with Crippen LogP contribution in [-0.4, -0.2) is 55.4 Å². The molecule has 7 heteroatoms. The van der Waals surface area contributed by atoms with Gasteiger partial charge >= 0.3 is 0 Å². The molecule has 2 heterocycles. The van der Waals surface area contributed by atoms with Crippen molar-refractivity contribution in [2.24, 2.45) is 11.8 Å². The van der Waals surface area contributed by atoms with Crippen molar-refractivity contribution in [3.05, 3.63) is 11.9 Å². The summed E-state index contributed by atoms with van der Waals surface area (Å²) in [5, 5.41) is 0.266. The number of rotatable bonds is 12. The fraction of sp³-hybridized carbons (Fsp3) is 0.850. The Morgan fingerprint density at radius 2 is 2.11 bits per heavy atom. The third-order valence-electron chi connectivity index (χ3n) is 5.27. The molecule has 156 valence electrons. The van der Waals surface area contributed by atoms with Crippen LogP contribution in [0.5, 0.6) is 0 Å². The van der Waals surface area contributed by atoms with Gasteiger partial charge in [0.25, 0.3) is 0 Å². The van der Waals surface area contributed by atoms with Crippen molar-refractivity contribution < 1.29 is 13.2 Å². The summed E-state index contributed by atoms with van der Waals surface area (Å²) < 4.78 is 33.0. The molecule has 0 N–H and O–H groups in total. The van der Waals surface area contributed by atoms with Gasteiger partial charge in [0.2, 0.25) is 15.0 Å². The van der Waals surface area contributed by atoms with Crippen LogP contribution in [0.25, 0.3) is 0 Å². The van der Waals surface area contributed by atoms with Gasteiger partial charge in [0, 0.05) is 26.7 Å². The molecule has 2 rings (SSSR count). The van der Waals surface area contributed by atoms with Crippen molar-refractivity contribution in [2.45, 2.75) is 71.1 Å². The van der Waals surface area contributed by atoms with Crippen LogP contribution in [0, 0.1) is 11.8 Å². The topological polar surface area (TPSA) is 64.4 Å². The lowest BCUT2D eigenvalue weighted by Gasteiger charge is -2.18. The fourth-order valence-electron chi connectivity index (χ4n) is 3.75. The SMILES string of the molecule is CCCCn1c(CN2CCC(COC)C2)cnc1S(=O)(=O)CCCC(C)C. The molecule has 0 saturated carbocycles. The average molecular weight is 400 g/mol. The number of imidazole rings is 1. The minimum absolute atomic E-state index is 0.188. The Balaban J connectivity index is 2.12. The summed E-state index contributed by atoms with van der Waals surface area (Å²) in [5.41, 5.74) is 1.02. The Morgan fingerprint density at radius 1 is 1.33 bits per heavy atom. The van der Waals surface area contributed by atoms with E-state index in [2.05, 4.69) is 30.7 Å². The van der Waals surface area contributed by atoms with Crippen molar-refractivity contribution in [3.63, 3.8) is 0 Å². The molecular formula is C20H37N3O3S. The standard InChI is InChI=1S/C20H37N3O3S/c1-5-6-10-23-19(15-22-11-9-18(14-22)16-26-4)13-21-20(23)27(24,25)12-7-8-17(2)3/h13,17-18H,5-12,14-16H2,1-4H3. The van der Waals surface area contributed by atoms with Gasteiger partial charge in [0.15, 0.2) is 0 Å². The van der Waals surface area contributed by atoms with Gasteiger partial charge in [-0.15, -0.1) is 0 Å². The number of hydrogen-bond donors (Lipinski definition) is 0. The first-order valence-electron chi connectivity index (χ1n) is 10.4. The predicted octanol–water partition coefficient (Wildman–Crippen LogP) is 3.36. The van der Waals surface area contributed by atoms with Gasteiger partial charge in [-0.2, -0.15) is 0 Å². The van der Waals surface area contributed by atoms with Crippen molar-refractivity contribution in [2.75, 3.05) is 32.6 Å². The highest BCUT2D eigenvalue weighted by molar-refractivity contribution is 7.91. The summed E-state index contributed by atoms with van der Waals surface area (Å²) in [6, 6.07) is 0. The van der Waals surface area contributed by atoms with Crippen LogP contribution in [0.2, 0.25) is 0 Å². The summed E-state index contributed by atoms with van der Waals surface area (Å²) in [7, 11) is -1.59. The minimum atomic E-state index is -3.34. The lowest BCUT2D eigenvalue weighted by molar-refractivity contribution is 0.152. The highest BCUT2D eigenvalue weighted by Gasteiger charge is 2.26. The number of nitrogens with zero attached hydrogens (tertiary/aromatic N) is 3. The van der Waals surface area contributed by atoms with Crippen molar-refractivity contribution in [1.82, 2.24) is 14.5 Å². The maximum Gasteiger partial charge on any atom is 0.227 e. The summed E-state index contributed by atoms with van der Waals surface area (Å²) >= 11 is 0. The second-order valence-corrected chi connectivity index (χ2v) is 10.2. The number of likely N-dealkylation sites (tertiary alicyclic amines) is 1. The molecule has 1 aliphatic heterocycles. The predicted molar refractivity (Wildman–Crippen MR) is 109 cm³/mol. The van der Waals surface area contributed by atoms with Crippen LogP contribution in [0.1, 0.15) is 58.6 Å². The van der Waals surface area contributed by atoms with E-state index in [1.165, 1.54) is 0 Å². The lowest BCUT2D eigenvalue weighted by atomic mass is 10.1. The number of methoxy groups -OCH3 is 1. The molecule has 6 nitrogen and oxygen atoms in total. The zero-order valence-electron chi connectivity index (χ0n) is 17.5. The quantitative estimate of drug-likeness (QED) is 0.539. The summed E-state index contributed by atoms with van der Waals surface area (Å²) in [4.78, 5) is 6.75. The first-order valence-corrected chi connectivity index (χ1v) is 12.0. The van der Waals surface area contributed by atoms with Crippen LogP contribution < -0.4 is 0 Å². The van der Waals surface area contributed by atoms with E-state index < -0.39 is 9.84 Å². The largest absolute Gasteiger partial charge is 0.384 e. The highest BCUT2D eigenvalue weighted by atomic mass is 32.2.